The lowest BCUT2D eigenvalue weighted by Gasteiger charge is -2.32. The predicted molar refractivity (Wildman–Crippen MR) is 485 cm³/mol. The molecule has 0 unspecified atom stereocenters. The molecule has 774 valence electrons. The normalized spacial score (nSPS) is 15.9. The molecule has 20 amide bonds. The van der Waals surface area contributed by atoms with Crippen molar-refractivity contribution in [2.24, 2.45) is 41.2 Å². The lowest BCUT2D eigenvalue weighted by atomic mass is 9.96. The number of aliphatic hydroxyl groups excluding tert-OH is 5. The second-order valence-electron chi connectivity index (χ2n) is 34.4. The number of benzene rings is 1. The molecule has 1 saturated heterocycles. The van der Waals surface area contributed by atoms with Crippen LogP contribution in [0.25, 0.3) is 0 Å². The van der Waals surface area contributed by atoms with Gasteiger partial charge in [-0.1, -0.05) is 133 Å². The molecule has 1 aliphatic rings. The molecule has 0 spiro atoms. The van der Waals surface area contributed by atoms with Gasteiger partial charge in [-0.15, -0.1) is 0 Å². The van der Waals surface area contributed by atoms with Gasteiger partial charge in [-0.05, 0) is 79.6 Å². The molecule has 1 fully saturated rings. The van der Waals surface area contributed by atoms with Crippen LogP contribution in [0.5, 0.6) is 0 Å². The monoisotopic (exact) mass is 1960 g/mol. The van der Waals surface area contributed by atoms with E-state index in [1.807, 2.05) is 0 Å². The van der Waals surface area contributed by atoms with Crippen LogP contribution in [0.2, 0.25) is 0 Å². The van der Waals surface area contributed by atoms with E-state index < -0.39 is 348 Å². The topological polar surface area (TPSA) is 812 Å². The second-order valence-corrected chi connectivity index (χ2v) is 34.4. The van der Waals surface area contributed by atoms with Gasteiger partial charge in [0.25, 0.3) is 0 Å². The number of carbonyl (C=O) groups is 23. The van der Waals surface area contributed by atoms with Crippen LogP contribution in [0, 0.1) is 35.5 Å². The number of rotatable bonds is 64. The number of aliphatic carboxylic acids is 3. The van der Waals surface area contributed by atoms with E-state index >= 15 is 0 Å². The second kappa shape index (κ2) is 62.5. The SMILES string of the molecule is CC[C@H](C)[C@H](NC(=O)CNC(=O)[C@H](Cc1ccccc1)NC(=O)CNC(=O)CNC(=O)[C@H](CO)NC(=O)[C@H](CO)NC(=O)[C@@H](NC(=O)[C@@H]1CCCN1C(=O)[C@@H](NC(=O)CNC(=O)[C@H](CCC(=O)O)NC(=O)[C@H](CCC(=O)O)NC(=O)[C@H](CO)NC(=O)[C@H](CC(C)C)NC(=O)[C@@H](NC(=O)[C@@H](N)CO)[C@@H](C)CC)C(C)C)[C@@H](C)CC)C(=O)N[C@@H](CO)C(=O)NCC(=O)N[C@@H](CC(C)C)C(=O)NCC(=O)O. The Hall–Kier alpha value is -13.2. The fourth-order valence-electron chi connectivity index (χ4n) is 13.5. The van der Waals surface area contributed by atoms with Crippen molar-refractivity contribution in [3.05, 3.63) is 35.9 Å². The zero-order valence-corrected chi connectivity index (χ0v) is 79.5. The smallest absolute Gasteiger partial charge is 0.322 e. The van der Waals surface area contributed by atoms with Gasteiger partial charge in [0.15, 0.2) is 0 Å². The quantitative estimate of drug-likeness (QED) is 0.0288. The summed E-state index contributed by atoms with van der Waals surface area (Å²) < 4.78 is 0. The number of nitrogens with one attached hydrogen (secondary N) is 19. The third-order valence-electron chi connectivity index (χ3n) is 22.0. The highest BCUT2D eigenvalue weighted by Crippen LogP contribution is 2.23. The van der Waals surface area contributed by atoms with Crippen LogP contribution in [-0.4, -0.2) is 351 Å². The summed E-state index contributed by atoms with van der Waals surface area (Å²) in [5.74, 6) is -27.6. The van der Waals surface area contributed by atoms with Gasteiger partial charge in [-0.25, -0.2) is 0 Å². The first-order valence-electron chi connectivity index (χ1n) is 45.3. The zero-order chi connectivity index (χ0) is 104. The Bertz CT molecular complexity index is 4340. The Labute approximate surface area is 796 Å². The number of aliphatic hydroxyl groups is 5. The molecule has 18 atom stereocenters. The van der Waals surface area contributed by atoms with Gasteiger partial charge in [-0.3, -0.25) is 110 Å². The van der Waals surface area contributed by atoms with Crippen LogP contribution in [-0.2, 0) is 117 Å². The van der Waals surface area contributed by atoms with Crippen LogP contribution in [0.4, 0.5) is 0 Å². The van der Waals surface area contributed by atoms with Crippen molar-refractivity contribution in [2.75, 3.05) is 78.8 Å². The molecule has 0 aliphatic carbocycles. The van der Waals surface area contributed by atoms with E-state index in [9.17, 15) is 146 Å². The van der Waals surface area contributed by atoms with E-state index in [0.717, 1.165) is 4.90 Å². The van der Waals surface area contributed by atoms with E-state index in [2.05, 4.69) is 101 Å². The largest absolute Gasteiger partial charge is 0.481 e. The Morgan fingerprint density at radius 2 is 0.667 bits per heavy atom. The summed E-state index contributed by atoms with van der Waals surface area (Å²) in [5.41, 5.74) is 6.16. The molecule has 0 aromatic heterocycles. The van der Waals surface area contributed by atoms with Crippen molar-refractivity contribution in [3.8, 4) is 0 Å². The van der Waals surface area contributed by atoms with Crippen molar-refractivity contribution >= 4 is 136 Å². The number of likely N-dealkylation sites (tertiary alicyclic amines) is 1. The summed E-state index contributed by atoms with van der Waals surface area (Å²) in [6, 6.07) is -15.1. The number of hydrogen-bond acceptors (Lipinski definition) is 29. The van der Waals surface area contributed by atoms with Crippen LogP contribution in [0.15, 0.2) is 30.3 Å². The predicted octanol–water partition coefficient (Wildman–Crippen LogP) is -10.8. The Morgan fingerprint density at radius 1 is 0.341 bits per heavy atom. The van der Waals surface area contributed by atoms with Gasteiger partial charge in [0.1, 0.15) is 97.2 Å². The maximum absolute atomic E-state index is 14.5. The number of hydrogen-bond donors (Lipinski definition) is 28. The molecule has 1 aromatic rings. The summed E-state index contributed by atoms with van der Waals surface area (Å²) in [7, 11) is 0. The summed E-state index contributed by atoms with van der Waals surface area (Å²) in [6.07, 6.45) is -2.06. The first-order valence-corrected chi connectivity index (χ1v) is 45.3. The van der Waals surface area contributed by atoms with E-state index in [4.69, 9.17) is 10.8 Å². The number of carbonyl (C=O) groups excluding carboxylic acids is 20. The molecule has 0 saturated carbocycles. The van der Waals surface area contributed by atoms with E-state index in [0.29, 0.717) is 12.0 Å². The number of carboxylic acids is 3. The minimum atomic E-state index is -1.89. The molecule has 0 radical (unpaired) electrons. The molecule has 1 aliphatic heterocycles. The molecular weight excluding hydrogens is 1820 g/mol. The molecule has 2 rings (SSSR count). The highest BCUT2D eigenvalue weighted by molar-refractivity contribution is 6.02. The van der Waals surface area contributed by atoms with Crippen LogP contribution in [0.1, 0.15) is 159 Å². The average molecular weight is 1960 g/mol. The van der Waals surface area contributed by atoms with Gasteiger partial charge in [0.05, 0.1) is 65.8 Å². The first kappa shape index (κ1) is 121. The zero-order valence-electron chi connectivity index (χ0n) is 79.5. The molecule has 1 aromatic carbocycles. The Morgan fingerprint density at radius 3 is 1.08 bits per heavy atom. The number of nitrogens with zero attached hydrogens (tertiary/aromatic N) is 1. The van der Waals surface area contributed by atoms with E-state index in [-0.39, 0.29) is 63.3 Å². The number of carboxylic acid groups (broad SMARTS) is 3. The Balaban J connectivity index is 2.17. The van der Waals surface area contributed by atoms with Crippen molar-refractivity contribution in [3.63, 3.8) is 0 Å². The van der Waals surface area contributed by atoms with Crippen LogP contribution in [0.3, 0.4) is 0 Å². The summed E-state index contributed by atoms with van der Waals surface area (Å²) in [4.78, 5) is 307. The highest BCUT2D eigenvalue weighted by atomic mass is 16.4. The van der Waals surface area contributed by atoms with E-state index in [1.165, 1.54) is 13.8 Å². The fourth-order valence-corrected chi connectivity index (χ4v) is 13.5. The maximum atomic E-state index is 14.5. The van der Waals surface area contributed by atoms with Crippen LogP contribution < -0.4 is 107 Å². The van der Waals surface area contributed by atoms with Crippen molar-refractivity contribution in [1.82, 2.24) is 106 Å². The first-order chi connectivity index (χ1) is 64.9. The van der Waals surface area contributed by atoms with Gasteiger partial charge in [-0.2, -0.15) is 0 Å². The number of amides is 20. The standard InChI is InChI=1S/C86H139N21O31/c1-13-45(10)69(83(135)101-56(39-110)77(129)92-33-62(115)94-52(28-42(4)5)74(126)93-36-67(122)123)104-64(117)35-91-75(127)54(30-48-20-17-16-18-21-48)95-61(114)32-88-60(113)31-89-76(128)55(38-109)99-81(133)58(41-112)102-85(137)71(47(12)15-3)106-82(134)59-22-19-27-107(59)86(138)68(44(8)9)103-63(116)34-90-73(125)50(23-25-65(118)119)96-78(130)51(24-26-66(120)121)97-80(132)57(40-111)100-79(131)53(29-43(6)7)98-84(136)70(46(11)14-2)105-72(124)49(87)37-108/h16-18,20-21,42-47,49-59,68-71,108-112H,13-15,19,22-41,87H2,1-12H3,(H,88,113)(H,89,128)(H,90,125)(H,91,127)(H,92,129)(H,93,126)(H,94,115)(H,95,114)(H,96,130)(H,97,132)(H,98,136)(H,99,133)(H,100,131)(H,101,135)(H,102,137)(H,103,116)(H,104,117)(H,105,124)(H,106,134)(H,118,119)(H,120,121)(H,122,123)/t45-,46-,47-,49-,50-,51-,52-,53-,54-,55-,56-,57-,58-,59-,68-,69-,70-,71-/m0/s1. The summed E-state index contributed by atoms with van der Waals surface area (Å²) in [5, 5.41) is 123. The molecule has 1 heterocycles. The van der Waals surface area contributed by atoms with E-state index in [1.54, 1.807) is 99.6 Å². The third-order valence-corrected chi connectivity index (χ3v) is 22.0. The maximum Gasteiger partial charge on any atom is 0.322 e. The van der Waals surface area contributed by atoms with Gasteiger partial charge < -0.3 is 153 Å². The number of nitrogens with two attached hydrogens (primary N) is 1. The van der Waals surface area contributed by atoms with Crippen molar-refractivity contribution in [1.29, 1.82) is 0 Å². The van der Waals surface area contributed by atoms with Crippen molar-refractivity contribution < 1.29 is 151 Å². The third kappa shape index (κ3) is 43.4. The molecule has 29 N–H and O–H groups in total. The lowest BCUT2D eigenvalue weighted by Crippen LogP contribution is -2.61. The van der Waals surface area contributed by atoms with Crippen LogP contribution >= 0.6 is 0 Å². The minimum Gasteiger partial charge on any atom is -0.481 e. The molecule has 52 nitrogen and oxygen atoms in total. The van der Waals surface area contributed by atoms with Gasteiger partial charge in [0, 0.05) is 25.8 Å². The fraction of sp³-hybridized carbons (Fsp3) is 0.663. The minimum absolute atomic E-state index is 0.0173. The van der Waals surface area contributed by atoms with Gasteiger partial charge >= 0.3 is 17.9 Å². The average Bonchev–Trinajstić information content (AvgIpc) is 1.65. The molecule has 52 heteroatoms. The lowest BCUT2D eigenvalue weighted by molar-refractivity contribution is -0.143. The van der Waals surface area contributed by atoms with Crippen molar-refractivity contribution in [2.45, 2.75) is 251 Å². The summed E-state index contributed by atoms with van der Waals surface area (Å²) in [6.45, 7) is 9.57. The highest BCUT2D eigenvalue weighted by Gasteiger charge is 2.43. The summed E-state index contributed by atoms with van der Waals surface area (Å²) >= 11 is 0. The molecule has 0 bridgehead atoms. The molecular formula is C86H139N21O31. The molecule has 138 heavy (non-hydrogen) atoms. The Kier molecular flexibility index (Phi) is 54.7. The van der Waals surface area contributed by atoms with Gasteiger partial charge in [0.2, 0.25) is 118 Å².